The average molecular weight is 270 g/mol. The molecule has 0 aliphatic heterocycles. The van der Waals surface area contributed by atoms with E-state index in [4.69, 9.17) is 10.6 Å². The zero-order chi connectivity index (χ0) is 14.0. The minimum Gasteiger partial charge on any atom is -0.330 e. The molecule has 0 radical (unpaired) electrons. The highest BCUT2D eigenvalue weighted by atomic mass is 16.6. The number of rotatable bonds is 8. The fourth-order valence-corrected chi connectivity index (χ4v) is 2.02. The van der Waals surface area contributed by atoms with E-state index in [-0.39, 0.29) is 0 Å². The maximum Gasteiger partial charge on any atom is 0.0746 e. The lowest BCUT2D eigenvalue weighted by Gasteiger charge is -2.09. The predicted octanol–water partition coefficient (Wildman–Crippen LogP) is 3.83. The molecule has 0 aliphatic carbocycles. The fourth-order valence-electron chi connectivity index (χ4n) is 2.02. The molecule has 0 heterocycles. The van der Waals surface area contributed by atoms with Gasteiger partial charge in [-0.1, -0.05) is 42.5 Å². The third-order valence-corrected chi connectivity index (χ3v) is 3.11. The molecule has 0 saturated carbocycles. The van der Waals surface area contributed by atoms with Crippen LogP contribution in [-0.2, 0) is 4.84 Å². The number of unbranched alkanes of at least 4 members (excludes halogenated alkanes) is 2. The van der Waals surface area contributed by atoms with E-state index in [1.54, 1.807) is 0 Å². The summed E-state index contributed by atoms with van der Waals surface area (Å²) in [6.45, 7) is 1.46. The van der Waals surface area contributed by atoms with Crippen LogP contribution in [0.15, 0.2) is 54.6 Å². The van der Waals surface area contributed by atoms with Gasteiger partial charge in [-0.05, 0) is 49.1 Å². The Morgan fingerprint density at radius 1 is 0.850 bits per heavy atom. The van der Waals surface area contributed by atoms with E-state index in [2.05, 4.69) is 29.7 Å². The second-order valence-electron chi connectivity index (χ2n) is 4.75. The number of nitrogens with one attached hydrogen (secondary N) is 1. The molecule has 0 atom stereocenters. The van der Waals surface area contributed by atoms with Crippen molar-refractivity contribution in [3.63, 3.8) is 0 Å². The van der Waals surface area contributed by atoms with Crippen molar-refractivity contribution in [2.75, 3.05) is 18.6 Å². The summed E-state index contributed by atoms with van der Waals surface area (Å²) in [7, 11) is 0. The van der Waals surface area contributed by atoms with Crippen molar-refractivity contribution in [3.8, 4) is 11.1 Å². The minimum absolute atomic E-state index is 0.704. The fraction of sp³-hybridized carbons (Fsp3) is 0.294. The normalized spacial score (nSPS) is 10.4. The molecule has 20 heavy (non-hydrogen) atoms. The molecule has 0 spiro atoms. The Morgan fingerprint density at radius 2 is 1.65 bits per heavy atom. The molecule has 3 nitrogen and oxygen atoms in total. The lowest BCUT2D eigenvalue weighted by atomic mass is 10.1. The van der Waals surface area contributed by atoms with Gasteiger partial charge in [0.05, 0.1) is 12.3 Å². The Hall–Kier alpha value is -1.84. The maximum atomic E-state index is 5.47. The van der Waals surface area contributed by atoms with Gasteiger partial charge < -0.3 is 5.73 Å². The molecule has 0 unspecified atom stereocenters. The van der Waals surface area contributed by atoms with Crippen LogP contribution in [0, 0.1) is 0 Å². The standard InChI is InChI=1S/C17H22N2O/c18-12-5-2-6-13-20-19-17-11-7-10-16(14-17)15-8-3-1-4-9-15/h1,3-4,7-11,14,19H,2,5-6,12-13,18H2. The summed E-state index contributed by atoms with van der Waals surface area (Å²) in [6.07, 6.45) is 3.21. The number of hydrogen-bond acceptors (Lipinski definition) is 3. The third kappa shape index (κ3) is 4.68. The van der Waals surface area contributed by atoms with Gasteiger partial charge >= 0.3 is 0 Å². The second kappa shape index (κ2) is 8.35. The number of anilines is 1. The van der Waals surface area contributed by atoms with Gasteiger partial charge in [0.15, 0.2) is 0 Å². The van der Waals surface area contributed by atoms with E-state index in [0.29, 0.717) is 6.61 Å². The summed E-state index contributed by atoms with van der Waals surface area (Å²) in [4.78, 5) is 5.47. The summed E-state index contributed by atoms with van der Waals surface area (Å²) in [5.74, 6) is 0. The van der Waals surface area contributed by atoms with Crippen molar-refractivity contribution in [1.29, 1.82) is 0 Å². The Bertz CT molecular complexity index is 499. The van der Waals surface area contributed by atoms with Gasteiger partial charge in [-0.3, -0.25) is 10.3 Å². The molecular formula is C17H22N2O. The molecule has 0 fully saturated rings. The summed E-state index contributed by atoms with van der Waals surface area (Å²) >= 11 is 0. The van der Waals surface area contributed by atoms with Gasteiger partial charge in [0.25, 0.3) is 0 Å². The van der Waals surface area contributed by atoms with Crippen LogP contribution in [0.25, 0.3) is 11.1 Å². The van der Waals surface area contributed by atoms with Crippen molar-refractivity contribution < 1.29 is 4.84 Å². The van der Waals surface area contributed by atoms with Crippen LogP contribution in [0.3, 0.4) is 0 Å². The highest BCUT2D eigenvalue weighted by molar-refractivity contribution is 5.67. The predicted molar refractivity (Wildman–Crippen MR) is 84.4 cm³/mol. The van der Waals surface area contributed by atoms with E-state index in [9.17, 15) is 0 Å². The maximum absolute atomic E-state index is 5.47. The molecule has 2 rings (SSSR count). The van der Waals surface area contributed by atoms with Crippen LogP contribution in [0.2, 0.25) is 0 Å². The van der Waals surface area contributed by atoms with E-state index in [1.165, 1.54) is 11.1 Å². The Morgan fingerprint density at radius 3 is 2.45 bits per heavy atom. The first-order chi connectivity index (χ1) is 9.90. The molecule has 2 aromatic rings. The molecule has 3 heteroatoms. The van der Waals surface area contributed by atoms with Crippen molar-refractivity contribution in [3.05, 3.63) is 54.6 Å². The van der Waals surface area contributed by atoms with E-state index < -0.39 is 0 Å². The van der Waals surface area contributed by atoms with Crippen LogP contribution >= 0.6 is 0 Å². The first kappa shape index (κ1) is 14.6. The second-order valence-corrected chi connectivity index (χ2v) is 4.75. The van der Waals surface area contributed by atoms with Crippen molar-refractivity contribution in [1.82, 2.24) is 0 Å². The number of hydrogen-bond donors (Lipinski definition) is 2. The molecular weight excluding hydrogens is 248 g/mol. The quantitative estimate of drug-likeness (QED) is 0.566. The van der Waals surface area contributed by atoms with Crippen LogP contribution < -0.4 is 11.2 Å². The zero-order valence-electron chi connectivity index (χ0n) is 11.7. The summed E-state index contributed by atoms with van der Waals surface area (Å²) in [5.41, 5.74) is 11.8. The third-order valence-electron chi connectivity index (χ3n) is 3.11. The molecule has 0 saturated heterocycles. The lowest BCUT2D eigenvalue weighted by molar-refractivity contribution is 0.188. The van der Waals surface area contributed by atoms with Crippen LogP contribution in [-0.4, -0.2) is 13.2 Å². The van der Waals surface area contributed by atoms with Crippen LogP contribution in [0.1, 0.15) is 19.3 Å². The van der Waals surface area contributed by atoms with Gasteiger partial charge in [0, 0.05) is 0 Å². The van der Waals surface area contributed by atoms with E-state index >= 15 is 0 Å². The summed E-state index contributed by atoms with van der Waals surface area (Å²) in [6, 6.07) is 18.5. The Labute approximate surface area is 120 Å². The smallest absolute Gasteiger partial charge is 0.0746 e. The van der Waals surface area contributed by atoms with E-state index in [1.807, 2.05) is 30.3 Å². The summed E-state index contributed by atoms with van der Waals surface area (Å²) < 4.78 is 0. The molecule has 106 valence electrons. The van der Waals surface area contributed by atoms with Crippen molar-refractivity contribution in [2.24, 2.45) is 5.73 Å². The largest absolute Gasteiger partial charge is 0.330 e. The molecule has 0 bridgehead atoms. The topological polar surface area (TPSA) is 47.3 Å². The molecule has 0 aromatic heterocycles. The zero-order valence-corrected chi connectivity index (χ0v) is 11.7. The molecule has 0 amide bonds. The number of nitrogens with two attached hydrogens (primary N) is 1. The van der Waals surface area contributed by atoms with Gasteiger partial charge in [0.2, 0.25) is 0 Å². The SMILES string of the molecule is NCCCCCONc1cccc(-c2ccccc2)c1. The van der Waals surface area contributed by atoms with Gasteiger partial charge in [-0.15, -0.1) is 0 Å². The number of benzene rings is 2. The first-order valence-electron chi connectivity index (χ1n) is 7.13. The van der Waals surface area contributed by atoms with Crippen molar-refractivity contribution >= 4 is 5.69 Å². The highest BCUT2D eigenvalue weighted by Gasteiger charge is 1.98. The van der Waals surface area contributed by atoms with Gasteiger partial charge in [0.1, 0.15) is 0 Å². The molecule has 2 aromatic carbocycles. The highest BCUT2D eigenvalue weighted by Crippen LogP contribution is 2.22. The monoisotopic (exact) mass is 270 g/mol. The first-order valence-corrected chi connectivity index (χ1v) is 7.13. The van der Waals surface area contributed by atoms with Crippen molar-refractivity contribution in [2.45, 2.75) is 19.3 Å². The average Bonchev–Trinajstić information content (AvgIpc) is 2.52. The van der Waals surface area contributed by atoms with Gasteiger partial charge in [-0.2, -0.15) is 0 Å². The van der Waals surface area contributed by atoms with Gasteiger partial charge in [-0.25, -0.2) is 0 Å². The lowest BCUT2D eigenvalue weighted by Crippen LogP contribution is -2.04. The van der Waals surface area contributed by atoms with Crippen LogP contribution in [0.4, 0.5) is 5.69 Å². The molecule has 3 N–H and O–H groups in total. The Balaban J connectivity index is 1.84. The minimum atomic E-state index is 0.704. The Kier molecular flexibility index (Phi) is 6.08. The van der Waals surface area contributed by atoms with Crippen LogP contribution in [0.5, 0.6) is 0 Å². The summed E-state index contributed by atoms with van der Waals surface area (Å²) in [5, 5.41) is 0. The van der Waals surface area contributed by atoms with E-state index in [0.717, 1.165) is 31.5 Å². The molecule has 0 aliphatic rings.